The third kappa shape index (κ3) is 3.69. The van der Waals surface area contributed by atoms with Crippen LogP contribution in [0.1, 0.15) is 36.7 Å². The summed E-state index contributed by atoms with van der Waals surface area (Å²) in [5.41, 5.74) is 4.80. The van der Waals surface area contributed by atoms with Crippen molar-refractivity contribution in [2.45, 2.75) is 47.1 Å². The summed E-state index contributed by atoms with van der Waals surface area (Å²) in [7, 11) is 0. The number of anilines is 1. The molecule has 0 aliphatic heterocycles. The Morgan fingerprint density at radius 2 is 1.96 bits per heavy atom. The van der Waals surface area contributed by atoms with Crippen LogP contribution in [0.5, 0.6) is 0 Å². The molecule has 1 aromatic carbocycles. The lowest BCUT2D eigenvalue weighted by atomic mass is 10.1. The van der Waals surface area contributed by atoms with E-state index in [9.17, 15) is 4.79 Å². The van der Waals surface area contributed by atoms with Crippen LogP contribution in [0.2, 0.25) is 0 Å². The average Bonchev–Trinajstić information content (AvgIpc) is 3.21. The van der Waals surface area contributed by atoms with Gasteiger partial charge >= 0.3 is 0 Å². The molecule has 6 nitrogen and oxygen atoms in total. The maximum absolute atomic E-state index is 12.5. The first-order chi connectivity index (χ1) is 12.5. The van der Waals surface area contributed by atoms with E-state index in [4.69, 9.17) is 4.42 Å². The van der Waals surface area contributed by atoms with Crippen LogP contribution < -0.4 is 5.32 Å². The maximum atomic E-state index is 12.5. The minimum absolute atomic E-state index is 0.0635. The molecule has 2 aromatic heterocycles. The molecule has 3 rings (SSSR count). The van der Waals surface area contributed by atoms with Crippen molar-refractivity contribution in [3.63, 3.8) is 0 Å². The van der Waals surface area contributed by atoms with Crippen molar-refractivity contribution >= 4 is 11.6 Å². The standard InChI is InChI=1S/C20H24N4O2/c1-5-15-8-7-9-16(11-15)21-18(25)12-24-13(3)10-17(14(24)4)20-23-22-19(6-2)26-20/h7-11H,5-6,12H2,1-4H3,(H,21,25). The molecule has 136 valence electrons. The van der Waals surface area contributed by atoms with Crippen molar-refractivity contribution in [3.05, 3.63) is 53.2 Å². The highest BCUT2D eigenvalue weighted by molar-refractivity contribution is 5.90. The molecule has 2 heterocycles. The lowest BCUT2D eigenvalue weighted by Crippen LogP contribution is -2.20. The van der Waals surface area contributed by atoms with Gasteiger partial charge in [-0.05, 0) is 44.0 Å². The molecule has 0 radical (unpaired) electrons. The Morgan fingerprint density at radius 3 is 2.65 bits per heavy atom. The summed E-state index contributed by atoms with van der Waals surface area (Å²) in [6.07, 6.45) is 1.64. The number of benzene rings is 1. The van der Waals surface area contributed by atoms with Gasteiger partial charge in [-0.2, -0.15) is 0 Å². The molecule has 0 bridgehead atoms. The third-order valence-electron chi connectivity index (χ3n) is 4.49. The van der Waals surface area contributed by atoms with Crippen LogP contribution in [0.4, 0.5) is 5.69 Å². The summed E-state index contributed by atoms with van der Waals surface area (Å²) in [6.45, 7) is 8.24. The Balaban J connectivity index is 1.78. The van der Waals surface area contributed by atoms with Crippen molar-refractivity contribution in [1.82, 2.24) is 14.8 Å². The van der Waals surface area contributed by atoms with Gasteiger partial charge in [-0.25, -0.2) is 0 Å². The quantitative estimate of drug-likeness (QED) is 0.730. The predicted molar refractivity (Wildman–Crippen MR) is 101 cm³/mol. The van der Waals surface area contributed by atoms with Crippen molar-refractivity contribution in [1.29, 1.82) is 0 Å². The van der Waals surface area contributed by atoms with Crippen LogP contribution in [0.15, 0.2) is 34.7 Å². The van der Waals surface area contributed by atoms with Crippen molar-refractivity contribution in [2.75, 3.05) is 5.32 Å². The number of nitrogens with zero attached hydrogens (tertiary/aromatic N) is 3. The van der Waals surface area contributed by atoms with E-state index >= 15 is 0 Å². The Morgan fingerprint density at radius 1 is 1.15 bits per heavy atom. The highest BCUT2D eigenvalue weighted by atomic mass is 16.4. The highest BCUT2D eigenvalue weighted by Gasteiger charge is 2.17. The van der Waals surface area contributed by atoms with E-state index < -0.39 is 0 Å². The minimum Gasteiger partial charge on any atom is -0.421 e. The van der Waals surface area contributed by atoms with E-state index in [-0.39, 0.29) is 12.5 Å². The van der Waals surface area contributed by atoms with Crippen LogP contribution in [0.3, 0.4) is 0 Å². The zero-order valence-corrected chi connectivity index (χ0v) is 15.7. The van der Waals surface area contributed by atoms with E-state index in [1.54, 1.807) is 0 Å². The summed E-state index contributed by atoms with van der Waals surface area (Å²) in [5, 5.41) is 11.1. The Kier molecular flexibility index (Phi) is 5.21. The second-order valence-corrected chi connectivity index (χ2v) is 6.33. The molecule has 0 saturated carbocycles. The number of hydrogen-bond acceptors (Lipinski definition) is 4. The molecule has 0 atom stereocenters. The van der Waals surface area contributed by atoms with Gasteiger partial charge in [0.05, 0.1) is 5.56 Å². The normalized spacial score (nSPS) is 10.9. The SMILES string of the molecule is CCc1cccc(NC(=O)Cn2c(C)cc(-c3nnc(CC)o3)c2C)c1. The number of aryl methyl sites for hydroxylation is 3. The van der Waals surface area contributed by atoms with Gasteiger partial charge in [0.2, 0.25) is 17.7 Å². The van der Waals surface area contributed by atoms with Gasteiger partial charge < -0.3 is 14.3 Å². The summed E-state index contributed by atoms with van der Waals surface area (Å²) in [5.74, 6) is 1.04. The van der Waals surface area contributed by atoms with E-state index in [2.05, 4.69) is 28.5 Å². The molecular formula is C20H24N4O2. The molecule has 1 amide bonds. The Hall–Kier alpha value is -2.89. The minimum atomic E-state index is -0.0635. The summed E-state index contributed by atoms with van der Waals surface area (Å²) < 4.78 is 7.62. The maximum Gasteiger partial charge on any atom is 0.249 e. The molecule has 0 unspecified atom stereocenters. The van der Waals surface area contributed by atoms with E-state index in [1.165, 1.54) is 5.56 Å². The predicted octanol–water partition coefficient (Wildman–Crippen LogP) is 3.92. The molecule has 3 aromatic rings. The fourth-order valence-corrected chi connectivity index (χ4v) is 2.98. The van der Waals surface area contributed by atoms with Crippen molar-refractivity contribution in [2.24, 2.45) is 0 Å². The van der Waals surface area contributed by atoms with Gasteiger partial charge in [-0.15, -0.1) is 10.2 Å². The number of aromatic nitrogens is 3. The molecule has 0 saturated heterocycles. The molecule has 1 N–H and O–H groups in total. The Bertz CT molecular complexity index is 924. The molecule has 0 aliphatic carbocycles. The van der Waals surface area contributed by atoms with E-state index in [0.29, 0.717) is 18.2 Å². The van der Waals surface area contributed by atoms with Crippen LogP contribution >= 0.6 is 0 Å². The monoisotopic (exact) mass is 352 g/mol. The van der Waals surface area contributed by atoms with Gasteiger partial charge in [0, 0.05) is 23.5 Å². The van der Waals surface area contributed by atoms with Gasteiger partial charge in [-0.3, -0.25) is 4.79 Å². The fraction of sp³-hybridized carbons (Fsp3) is 0.350. The van der Waals surface area contributed by atoms with E-state index in [1.807, 2.05) is 49.6 Å². The summed E-state index contributed by atoms with van der Waals surface area (Å²) in [4.78, 5) is 12.5. The number of carbonyl (C=O) groups excluding carboxylic acids is 1. The number of nitrogens with one attached hydrogen (secondary N) is 1. The van der Waals surface area contributed by atoms with Gasteiger partial charge in [0.25, 0.3) is 0 Å². The van der Waals surface area contributed by atoms with Gasteiger partial charge in [0.1, 0.15) is 6.54 Å². The number of amides is 1. The van der Waals surface area contributed by atoms with Crippen LogP contribution in [-0.2, 0) is 24.2 Å². The van der Waals surface area contributed by atoms with E-state index in [0.717, 1.165) is 29.1 Å². The Labute approximate surface area is 153 Å². The summed E-state index contributed by atoms with van der Waals surface area (Å²) >= 11 is 0. The highest BCUT2D eigenvalue weighted by Crippen LogP contribution is 2.26. The summed E-state index contributed by atoms with van der Waals surface area (Å²) in [6, 6.07) is 9.90. The molecule has 6 heteroatoms. The first-order valence-electron chi connectivity index (χ1n) is 8.90. The third-order valence-corrected chi connectivity index (χ3v) is 4.49. The first kappa shape index (κ1) is 17.9. The lowest BCUT2D eigenvalue weighted by Gasteiger charge is -2.11. The topological polar surface area (TPSA) is 73.0 Å². The lowest BCUT2D eigenvalue weighted by molar-refractivity contribution is -0.116. The second kappa shape index (κ2) is 7.56. The molecule has 0 spiro atoms. The smallest absolute Gasteiger partial charge is 0.249 e. The number of carbonyl (C=O) groups is 1. The van der Waals surface area contributed by atoms with Crippen LogP contribution in [0.25, 0.3) is 11.5 Å². The number of rotatable bonds is 6. The molecular weight excluding hydrogens is 328 g/mol. The van der Waals surface area contributed by atoms with Gasteiger partial charge in [0.15, 0.2) is 0 Å². The largest absolute Gasteiger partial charge is 0.421 e. The van der Waals surface area contributed by atoms with Crippen LogP contribution in [-0.4, -0.2) is 20.7 Å². The molecule has 0 fully saturated rings. The molecule has 26 heavy (non-hydrogen) atoms. The second-order valence-electron chi connectivity index (χ2n) is 6.33. The number of hydrogen-bond donors (Lipinski definition) is 1. The van der Waals surface area contributed by atoms with Crippen LogP contribution in [0, 0.1) is 13.8 Å². The van der Waals surface area contributed by atoms with Gasteiger partial charge in [-0.1, -0.05) is 26.0 Å². The average molecular weight is 352 g/mol. The molecule has 0 aliphatic rings. The van der Waals surface area contributed by atoms with Crippen molar-refractivity contribution in [3.8, 4) is 11.5 Å². The zero-order valence-electron chi connectivity index (χ0n) is 15.7. The first-order valence-corrected chi connectivity index (χ1v) is 8.90. The fourth-order valence-electron chi connectivity index (χ4n) is 2.98. The zero-order chi connectivity index (χ0) is 18.7. The van der Waals surface area contributed by atoms with Crippen molar-refractivity contribution < 1.29 is 9.21 Å².